The van der Waals surface area contributed by atoms with Crippen molar-refractivity contribution in [1.82, 2.24) is 4.98 Å². The summed E-state index contributed by atoms with van der Waals surface area (Å²) in [6.07, 6.45) is 0. The molecule has 0 saturated heterocycles. The van der Waals surface area contributed by atoms with Crippen LogP contribution in [0.3, 0.4) is 0 Å². The van der Waals surface area contributed by atoms with Gasteiger partial charge in [-0.1, -0.05) is 0 Å². The first-order valence-electron chi connectivity index (χ1n) is 6.53. The fraction of sp³-hybridized carbons (Fsp3) is 0.267. The van der Waals surface area contributed by atoms with Gasteiger partial charge in [0, 0.05) is 23.0 Å². The van der Waals surface area contributed by atoms with E-state index in [1.807, 2.05) is 13.8 Å². The Labute approximate surface area is 122 Å². The molecule has 21 heavy (non-hydrogen) atoms. The highest BCUT2D eigenvalue weighted by Gasteiger charge is 2.14. The third-order valence-corrected chi connectivity index (χ3v) is 3.28. The number of nitro groups is 1. The molecule has 0 aliphatic rings. The fourth-order valence-electron chi connectivity index (χ4n) is 2.14. The molecule has 0 aliphatic heterocycles. The Morgan fingerprint density at radius 3 is 2.62 bits per heavy atom. The second kappa shape index (κ2) is 5.78. The third-order valence-electron chi connectivity index (χ3n) is 3.28. The molecule has 0 atom stereocenters. The van der Waals surface area contributed by atoms with E-state index in [1.54, 1.807) is 25.1 Å². The van der Waals surface area contributed by atoms with Crippen LogP contribution in [0.2, 0.25) is 0 Å². The van der Waals surface area contributed by atoms with Gasteiger partial charge in [0.25, 0.3) is 5.69 Å². The van der Waals surface area contributed by atoms with Crippen molar-refractivity contribution in [3.05, 3.63) is 56.9 Å². The van der Waals surface area contributed by atoms with Gasteiger partial charge >= 0.3 is 0 Å². The van der Waals surface area contributed by atoms with Crippen LogP contribution in [0.4, 0.5) is 11.4 Å². The van der Waals surface area contributed by atoms with E-state index >= 15 is 0 Å². The van der Waals surface area contributed by atoms with Crippen molar-refractivity contribution in [3.8, 4) is 5.75 Å². The Kier molecular flexibility index (Phi) is 4.07. The average Bonchev–Trinajstić information content (AvgIpc) is 2.41. The first-order chi connectivity index (χ1) is 9.88. The van der Waals surface area contributed by atoms with E-state index in [4.69, 9.17) is 0 Å². The minimum absolute atomic E-state index is 0.0736. The topological polar surface area (TPSA) is 88.3 Å². The van der Waals surface area contributed by atoms with E-state index in [0.29, 0.717) is 23.5 Å². The molecular weight excluding hydrogens is 270 g/mol. The molecule has 6 heteroatoms. The summed E-state index contributed by atoms with van der Waals surface area (Å²) in [5.41, 5.74) is 3.58. The van der Waals surface area contributed by atoms with Crippen molar-refractivity contribution in [1.29, 1.82) is 0 Å². The molecule has 0 unspecified atom stereocenters. The molecule has 1 heterocycles. The molecule has 2 aromatic rings. The third kappa shape index (κ3) is 3.28. The maximum atomic E-state index is 11.0. The molecule has 0 bridgehead atoms. The van der Waals surface area contributed by atoms with Gasteiger partial charge in [-0.05, 0) is 44.5 Å². The summed E-state index contributed by atoms with van der Waals surface area (Å²) in [5, 5.41) is 23.8. The number of nitro benzene ring substituents is 1. The van der Waals surface area contributed by atoms with E-state index in [1.165, 1.54) is 6.07 Å². The zero-order valence-electron chi connectivity index (χ0n) is 12.2. The Morgan fingerprint density at radius 2 is 1.95 bits per heavy atom. The van der Waals surface area contributed by atoms with E-state index < -0.39 is 4.92 Å². The molecule has 1 aromatic carbocycles. The van der Waals surface area contributed by atoms with Crippen LogP contribution < -0.4 is 5.32 Å². The summed E-state index contributed by atoms with van der Waals surface area (Å²) < 4.78 is 0. The highest BCUT2D eigenvalue weighted by Crippen LogP contribution is 2.27. The molecular formula is C15H17N3O3. The number of aryl methyl sites for hydroxylation is 3. The number of hydrogen-bond acceptors (Lipinski definition) is 5. The average molecular weight is 287 g/mol. The summed E-state index contributed by atoms with van der Waals surface area (Å²) >= 11 is 0. The smallest absolute Gasteiger partial charge is 0.274 e. The highest BCUT2D eigenvalue weighted by atomic mass is 16.6. The number of anilines is 1. The zero-order chi connectivity index (χ0) is 15.6. The maximum absolute atomic E-state index is 11.0. The van der Waals surface area contributed by atoms with Crippen LogP contribution in [0.25, 0.3) is 0 Å². The van der Waals surface area contributed by atoms with Gasteiger partial charge < -0.3 is 10.4 Å². The fourth-order valence-corrected chi connectivity index (χ4v) is 2.14. The van der Waals surface area contributed by atoms with Crippen molar-refractivity contribution in [2.45, 2.75) is 27.3 Å². The summed E-state index contributed by atoms with van der Waals surface area (Å²) in [7, 11) is 0. The molecule has 0 radical (unpaired) electrons. The Bertz CT molecular complexity index is 699. The molecule has 0 aliphatic carbocycles. The lowest BCUT2D eigenvalue weighted by atomic mass is 10.1. The second-order valence-electron chi connectivity index (χ2n) is 4.98. The van der Waals surface area contributed by atoms with Gasteiger partial charge in [-0.3, -0.25) is 15.1 Å². The predicted molar refractivity (Wildman–Crippen MR) is 80.5 cm³/mol. The molecule has 2 rings (SSSR count). The first-order valence-corrected chi connectivity index (χ1v) is 6.53. The number of nitrogens with one attached hydrogen (secondary N) is 1. The Morgan fingerprint density at radius 1 is 1.24 bits per heavy atom. The van der Waals surface area contributed by atoms with Crippen LogP contribution in [0.5, 0.6) is 5.75 Å². The van der Waals surface area contributed by atoms with Crippen molar-refractivity contribution in [3.63, 3.8) is 0 Å². The van der Waals surface area contributed by atoms with Crippen molar-refractivity contribution >= 4 is 11.4 Å². The minimum Gasteiger partial charge on any atom is -0.506 e. The van der Waals surface area contributed by atoms with Crippen LogP contribution in [0.1, 0.15) is 22.5 Å². The molecule has 2 N–H and O–H groups in total. The lowest BCUT2D eigenvalue weighted by Gasteiger charge is -2.11. The number of pyridine rings is 1. The summed E-state index contributed by atoms with van der Waals surface area (Å²) in [6, 6.07) is 6.59. The molecule has 110 valence electrons. The molecule has 0 saturated carbocycles. The summed E-state index contributed by atoms with van der Waals surface area (Å²) in [4.78, 5) is 14.8. The largest absolute Gasteiger partial charge is 0.506 e. The van der Waals surface area contributed by atoms with Gasteiger partial charge in [-0.25, -0.2) is 0 Å². The predicted octanol–water partition coefficient (Wildman–Crippen LogP) is 3.23. The standard InChI is InChI=1S/C15H17N3O3/c1-9-6-10(2)14(18(20)21)7-12(9)16-8-13-15(19)5-4-11(3)17-13/h4-7,16,19H,8H2,1-3H3. The number of benzene rings is 1. The Balaban J connectivity index is 2.25. The lowest BCUT2D eigenvalue weighted by molar-refractivity contribution is -0.385. The van der Waals surface area contributed by atoms with Crippen molar-refractivity contribution < 1.29 is 10.0 Å². The summed E-state index contributed by atoms with van der Waals surface area (Å²) in [5.74, 6) is 0.104. The van der Waals surface area contributed by atoms with Gasteiger partial charge in [-0.2, -0.15) is 0 Å². The minimum atomic E-state index is -0.400. The van der Waals surface area contributed by atoms with Gasteiger partial charge in [0.05, 0.1) is 11.5 Å². The number of aromatic nitrogens is 1. The Hall–Kier alpha value is -2.63. The maximum Gasteiger partial charge on any atom is 0.274 e. The molecule has 0 amide bonds. The number of nitrogens with zero attached hydrogens (tertiary/aromatic N) is 2. The van der Waals surface area contributed by atoms with Crippen LogP contribution in [-0.4, -0.2) is 15.0 Å². The monoisotopic (exact) mass is 287 g/mol. The van der Waals surface area contributed by atoms with Gasteiger partial charge in [0.1, 0.15) is 11.4 Å². The number of aromatic hydroxyl groups is 1. The number of hydrogen-bond donors (Lipinski definition) is 2. The van der Waals surface area contributed by atoms with Gasteiger partial charge in [0.15, 0.2) is 0 Å². The van der Waals surface area contributed by atoms with Gasteiger partial charge in [-0.15, -0.1) is 0 Å². The van der Waals surface area contributed by atoms with Crippen LogP contribution in [0, 0.1) is 30.9 Å². The highest BCUT2D eigenvalue weighted by molar-refractivity contribution is 5.60. The molecule has 0 fully saturated rings. The molecule has 1 aromatic heterocycles. The summed E-state index contributed by atoms with van der Waals surface area (Å²) in [6.45, 7) is 5.73. The zero-order valence-corrected chi connectivity index (χ0v) is 12.2. The van der Waals surface area contributed by atoms with Crippen LogP contribution in [-0.2, 0) is 6.54 Å². The van der Waals surface area contributed by atoms with Crippen LogP contribution >= 0.6 is 0 Å². The normalized spacial score (nSPS) is 10.4. The van der Waals surface area contributed by atoms with E-state index in [2.05, 4.69) is 10.3 Å². The van der Waals surface area contributed by atoms with E-state index in [0.717, 1.165) is 11.3 Å². The van der Waals surface area contributed by atoms with E-state index in [9.17, 15) is 15.2 Å². The van der Waals surface area contributed by atoms with Crippen molar-refractivity contribution in [2.24, 2.45) is 0 Å². The van der Waals surface area contributed by atoms with Gasteiger partial charge in [0.2, 0.25) is 0 Å². The van der Waals surface area contributed by atoms with Crippen LogP contribution in [0.15, 0.2) is 24.3 Å². The number of rotatable bonds is 4. The lowest BCUT2D eigenvalue weighted by Crippen LogP contribution is -2.05. The quantitative estimate of drug-likeness (QED) is 0.665. The second-order valence-corrected chi connectivity index (χ2v) is 4.98. The van der Waals surface area contributed by atoms with E-state index in [-0.39, 0.29) is 11.4 Å². The molecule has 6 nitrogen and oxygen atoms in total. The molecule has 0 spiro atoms. The first kappa shape index (κ1) is 14.8. The SMILES string of the molecule is Cc1ccc(O)c(CNc2cc([N+](=O)[O-])c(C)cc2C)n1. The van der Waals surface area contributed by atoms with Crippen molar-refractivity contribution in [2.75, 3.05) is 5.32 Å².